The van der Waals surface area contributed by atoms with Crippen molar-refractivity contribution < 1.29 is 18.7 Å². The van der Waals surface area contributed by atoms with Gasteiger partial charge in [0.15, 0.2) is 11.5 Å². The standard InChI is InChI=1S/C23H16N2O4/c26-22(24-16-7-2-1-3-8-16)18-12-15-6-4-5-9-19(15)29-23(18)25-17-10-11-20-21(13-17)28-14-27-20/h1-13H,14H2,(H,24,26). The van der Waals surface area contributed by atoms with Crippen LogP contribution in [-0.4, -0.2) is 12.7 Å². The van der Waals surface area contributed by atoms with Crippen LogP contribution in [0.1, 0.15) is 10.4 Å². The lowest BCUT2D eigenvalue weighted by atomic mass is 10.1. The van der Waals surface area contributed by atoms with Crippen molar-refractivity contribution in [2.24, 2.45) is 4.99 Å². The molecule has 3 aromatic carbocycles. The number of rotatable bonds is 3. The highest BCUT2D eigenvalue weighted by Crippen LogP contribution is 2.35. The van der Waals surface area contributed by atoms with Gasteiger partial charge in [0.25, 0.3) is 5.91 Å². The summed E-state index contributed by atoms with van der Waals surface area (Å²) in [5.41, 5.74) is 2.49. The summed E-state index contributed by atoms with van der Waals surface area (Å²) < 4.78 is 16.7. The zero-order valence-corrected chi connectivity index (χ0v) is 15.3. The molecule has 142 valence electrons. The summed E-state index contributed by atoms with van der Waals surface area (Å²) in [6, 6.07) is 23.9. The van der Waals surface area contributed by atoms with Gasteiger partial charge in [-0.2, -0.15) is 0 Å². The first-order valence-electron chi connectivity index (χ1n) is 9.10. The molecule has 0 saturated carbocycles. The Kier molecular flexibility index (Phi) is 4.22. The molecule has 0 bridgehead atoms. The van der Waals surface area contributed by atoms with E-state index in [4.69, 9.17) is 13.9 Å². The van der Waals surface area contributed by atoms with E-state index in [-0.39, 0.29) is 18.3 Å². The van der Waals surface area contributed by atoms with Crippen molar-refractivity contribution in [1.82, 2.24) is 0 Å². The van der Waals surface area contributed by atoms with Crippen molar-refractivity contribution in [3.63, 3.8) is 0 Å². The molecule has 0 radical (unpaired) electrons. The van der Waals surface area contributed by atoms with E-state index in [0.717, 1.165) is 5.39 Å². The van der Waals surface area contributed by atoms with E-state index in [1.807, 2.05) is 54.6 Å². The summed E-state index contributed by atoms with van der Waals surface area (Å²) in [5.74, 6) is 0.981. The van der Waals surface area contributed by atoms with Crippen molar-refractivity contribution in [3.8, 4) is 11.5 Å². The van der Waals surface area contributed by atoms with Crippen LogP contribution in [0.3, 0.4) is 0 Å². The van der Waals surface area contributed by atoms with Gasteiger partial charge in [-0.15, -0.1) is 0 Å². The smallest absolute Gasteiger partial charge is 0.261 e. The van der Waals surface area contributed by atoms with E-state index < -0.39 is 0 Å². The second-order valence-corrected chi connectivity index (χ2v) is 6.47. The topological polar surface area (TPSA) is 73.1 Å². The van der Waals surface area contributed by atoms with Crippen LogP contribution in [0.2, 0.25) is 0 Å². The predicted molar refractivity (Wildman–Crippen MR) is 108 cm³/mol. The summed E-state index contributed by atoms with van der Waals surface area (Å²) >= 11 is 0. The highest BCUT2D eigenvalue weighted by atomic mass is 16.7. The summed E-state index contributed by atoms with van der Waals surface area (Å²) in [6.45, 7) is 0.184. The van der Waals surface area contributed by atoms with Crippen molar-refractivity contribution in [2.75, 3.05) is 12.1 Å². The van der Waals surface area contributed by atoms with Gasteiger partial charge in [0.2, 0.25) is 12.3 Å². The van der Waals surface area contributed by atoms with Gasteiger partial charge in [-0.1, -0.05) is 36.4 Å². The first-order chi connectivity index (χ1) is 14.3. The third-order valence-corrected chi connectivity index (χ3v) is 4.52. The van der Waals surface area contributed by atoms with Crippen LogP contribution in [0, 0.1) is 0 Å². The lowest BCUT2D eigenvalue weighted by Crippen LogP contribution is -2.21. The molecule has 29 heavy (non-hydrogen) atoms. The van der Waals surface area contributed by atoms with E-state index in [2.05, 4.69) is 10.3 Å². The molecule has 1 amide bonds. The Bertz CT molecular complexity index is 1280. The van der Waals surface area contributed by atoms with Crippen LogP contribution < -0.4 is 20.3 Å². The van der Waals surface area contributed by atoms with Gasteiger partial charge >= 0.3 is 0 Å². The summed E-state index contributed by atoms with van der Waals surface area (Å²) in [7, 11) is 0. The van der Waals surface area contributed by atoms with E-state index in [1.165, 1.54) is 0 Å². The molecule has 1 aliphatic rings. The fourth-order valence-electron chi connectivity index (χ4n) is 3.11. The van der Waals surface area contributed by atoms with Crippen molar-refractivity contribution in [1.29, 1.82) is 0 Å². The number of fused-ring (bicyclic) bond motifs is 2. The minimum absolute atomic E-state index is 0.184. The van der Waals surface area contributed by atoms with E-state index in [1.54, 1.807) is 24.3 Å². The highest BCUT2D eigenvalue weighted by Gasteiger charge is 2.15. The lowest BCUT2D eigenvalue weighted by Gasteiger charge is -2.07. The minimum Gasteiger partial charge on any atom is -0.454 e. The Morgan fingerprint density at radius 1 is 0.862 bits per heavy atom. The average molecular weight is 384 g/mol. The molecule has 4 aromatic rings. The van der Waals surface area contributed by atoms with Crippen LogP contribution in [0.5, 0.6) is 11.5 Å². The molecule has 0 unspecified atom stereocenters. The Balaban J connectivity index is 1.63. The molecule has 2 heterocycles. The Labute approximate surface area is 166 Å². The molecule has 5 rings (SSSR count). The second-order valence-electron chi connectivity index (χ2n) is 6.47. The molecule has 6 nitrogen and oxygen atoms in total. The lowest BCUT2D eigenvalue weighted by molar-refractivity contribution is 0.102. The molecular formula is C23H16N2O4. The molecule has 1 aromatic heterocycles. The number of nitrogens with zero attached hydrogens (tertiary/aromatic N) is 1. The third-order valence-electron chi connectivity index (χ3n) is 4.52. The number of hydrogen-bond donors (Lipinski definition) is 1. The maximum Gasteiger partial charge on any atom is 0.261 e. The van der Waals surface area contributed by atoms with Gasteiger partial charge < -0.3 is 19.2 Å². The van der Waals surface area contributed by atoms with Crippen LogP contribution in [0.25, 0.3) is 11.0 Å². The number of carbonyl (C=O) groups excluding carboxylic acids is 1. The highest BCUT2D eigenvalue weighted by molar-refractivity contribution is 6.05. The molecule has 0 atom stereocenters. The molecule has 0 aliphatic carbocycles. The average Bonchev–Trinajstić information content (AvgIpc) is 3.22. The molecule has 6 heteroatoms. The number of nitrogens with one attached hydrogen (secondary N) is 1. The molecule has 0 spiro atoms. The van der Waals surface area contributed by atoms with Gasteiger partial charge in [-0.3, -0.25) is 4.79 Å². The zero-order valence-electron chi connectivity index (χ0n) is 15.3. The normalized spacial score (nSPS) is 12.9. The Hall–Kier alpha value is -4.06. The number of hydrogen-bond acceptors (Lipinski definition) is 5. The van der Waals surface area contributed by atoms with E-state index in [0.29, 0.717) is 34.0 Å². The molecule has 1 aliphatic heterocycles. The van der Waals surface area contributed by atoms with Gasteiger partial charge in [0, 0.05) is 17.1 Å². The Morgan fingerprint density at radius 3 is 2.55 bits per heavy atom. The quantitative estimate of drug-likeness (QED) is 0.558. The third kappa shape index (κ3) is 3.43. The number of ether oxygens (including phenoxy) is 2. The van der Waals surface area contributed by atoms with Gasteiger partial charge in [-0.25, -0.2) is 4.99 Å². The van der Waals surface area contributed by atoms with Crippen LogP contribution >= 0.6 is 0 Å². The minimum atomic E-state index is -0.301. The van der Waals surface area contributed by atoms with Crippen molar-refractivity contribution in [2.45, 2.75) is 0 Å². The van der Waals surface area contributed by atoms with Gasteiger partial charge in [-0.05, 0) is 36.4 Å². The molecule has 0 saturated heterocycles. The number of benzene rings is 3. The summed E-state index contributed by atoms with van der Waals surface area (Å²) in [4.78, 5) is 17.5. The summed E-state index contributed by atoms with van der Waals surface area (Å²) in [6.07, 6.45) is 0. The van der Waals surface area contributed by atoms with E-state index >= 15 is 0 Å². The number of para-hydroxylation sites is 2. The fourth-order valence-corrected chi connectivity index (χ4v) is 3.11. The van der Waals surface area contributed by atoms with E-state index in [9.17, 15) is 4.79 Å². The second kappa shape index (κ2) is 7.16. The monoisotopic (exact) mass is 384 g/mol. The van der Waals surface area contributed by atoms with Crippen LogP contribution in [0.15, 0.2) is 88.3 Å². The van der Waals surface area contributed by atoms with Crippen molar-refractivity contribution in [3.05, 3.63) is 90.0 Å². The SMILES string of the molecule is O=C(Nc1ccccc1)c1cc2ccccc2oc1=Nc1ccc2c(c1)OCO2. The van der Waals surface area contributed by atoms with Gasteiger partial charge in [0.1, 0.15) is 11.1 Å². The van der Waals surface area contributed by atoms with Crippen molar-refractivity contribution >= 4 is 28.3 Å². The summed E-state index contributed by atoms with van der Waals surface area (Å²) in [5, 5.41) is 3.70. The van der Waals surface area contributed by atoms with Crippen LogP contribution in [-0.2, 0) is 0 Å². The number of carbonyl (C=O) groups is 1. The zero-order chi connectivity index (χ0) is 19.6. The molecule has 1 N–H and O–H groups in total. The maximum atomic E-state index is 13.0. The largest absolute Gasteiger partial charge is 0.454 e. The number of anilines is 1. The maximum absolute atomic E-state index is 13.0. The fraction of sp³-hybridized carbons (Fsp3) is 0.0435. The van der Waals surface area contributed by atoms with Gasteiger partial charge in [0.05, 0.1) is 5.69 Å². The number of amides is 1. The first kappa shape index (κ1) is 17.1. The molecular weight excluding hydrogens is 368 g/mol. The van der Waals surface area contributed by atoms with Crippen LogP contribution in [0.4, 0.5) is 11.4 Å². The first-order valence-corrected chi connectivity index (χ1v) is 9.10. The molecule has 0 fully saturated rings. The predicted octanol–water partition coefficient (Wildman–Crippen LogP) is 4.65. The Morgan fingerprint density at radius 2 is 1.66 bits per heavy atom.